The highest BCUT2D eigenvalue weighted by Crippen LogP contribution is 2.26. The number of halogens is 1. The normalized spacial score (nSPS) is 21.1. The molecule has 1 heterocycles. The van der Waals surface area contributed by atoms with E-state index >= 15 is 0 Å². The Bertz CT molecular complexity index is 325. The van der Waals surface area contributed by atoms with Crippen LogP contribution in [0.3, 0.4) is 0 Å². The molecule has 2 rings (SSSR count). The molecular formula is C13H18ClNS. The predicted molar refractivity (Wildman–Crippen MR) is 74.7 cm³/mol. The molecule has 0 radical (unpaired) electrons. The van der Waals surface area contributed by atoms with E-state index in [4.69, 9.17) is 11.6 Å². The molecule has 1 unspecified atom stereocenters. The van der Waals surface area contributed by atoms with Crippen molar-refractivity contribution in [3.63, 3.8) is 0 Å². The first-order valence-electron chi connectivity index (χ1n) is 5.85. The lowest BCUT2D eigenvalue weighted by Gasteiger charge is -2.33. The molecular weight excluding hydrogens is 238 g/mol. The minimum atomic E-state index is 0.605. The first-order valence-corrected chi connectivity index (χ1v) is 7.43. The van der Waals surface area contributed by atoms with Crippen LogP contribution in [0, 0.1) is 0 Å². The third-order valence-electron chi connectivity index (χ3n) is 3.05. The van der Waals surface area contributed by atoms with Crippen LogP contribution in [0.25, 0.3) is 0 Å². The second-order valence-electron chi connectivity index (χ2n) is 4.15. The van der Waals surface area contributed by atoms with Crippen molar-refractivity contribution in [2.45, 2.75) is 24.5 Å². The molecule has 0 N–H and O–H groups in total. The summed E-state index contributed by atoms with van der Waals surface area (Å²) in [5, 5.41) is 0.793. The first kappa shape index (κ1) is 12.1. The summed E-state index contributed by atoms with van der Waals surface area (Å²) < 4.78 is 0. The average Bonchev–Trinajstić information content (AvgIpc) is 2.39. The van der Waals surface area contributed by atoms with E-state index in [1.54, 1.807) is 0 Å². The second kappa shape index (κ2) is 5.83. The molecule has 1 atom stereocenters. The van der Waals surface area contributed by atoms with E-state index in [2.05, 4.69) is 47.9 Å². The van der Waals surface area contributed by atoms with Crippen LogP contribution in [0.4, 0.5) is 5.69 Å². The van der Waals surface area contributed by atoms with Gasteiger partial charge >= 0.3 is 0 Å². The Morgan fingerprint density at radius 2 is 2.12 bits per heavy atom. The standard InChI is InChI=1S/C13H18ClNS/c1-2-13-10-15(7-8-16-13)12-5-3-11(9-14)4-6-12/h3-6,13H,2,7-10H2,1H3. The second-order valence-corrected chi connectivity index (χ2v) is 5.82. The maximum absolute atomic E-state index is 5.79. The summed E-state index contributed by atoms with van der Waals surface area (Å²) in [5.41, 5.74) is 2.54. The smallest absolute Gasteiger partial charge is 0.0474 e. The van der Waals surface area contributed by atoms with Crippen LogP contribution in [0.2, 0.25) is 0 Å². The number of thioether (sulfide) groups is 1. The molecule has 0 amide bonds. The maximum Gasteiger partial charge on any atom is 0.0474 e. The van der Waals surface area contributed by atoms with Gasteiger partial charge in [-0.25, -0.2) is 0 Å². The van der Waals surface area contributed by atoms with Gasteiger partial charge in [0, 0.05) is 35.7 Å². The maximum atomic E-state index is 5.79. The number of nitrogens with zero attached hydrogens (tertiary/aromatic N) is 1. The minimum Gasteiger partial charge on any atom is -0.370 e. The largest absolute Gasteiger partial charge is 0.370 e. The third-order valence-corrected chi connectivity index (χ3v) is 4.73. The summed E-state index contributed by atoms with van der Waals surface area (Å²) >= 11 is 7.90. The monoisotopic (exact) mass is 255 g/mol. The lowest BCUT2D eigenvalue weighted by atomic mass is 10.2. The van der Waals surface area contributed by atoms with E-state index in [1.807, 2.05) is 0 Å². The Labute approximate surface area is 107 Å². The van der Waals surface area contributed by atoms with Crippen LogP contribution in [0.1, 0.15) is 18.9 Å². The Hall–Kier alpha value is -0.340. The van der Waals surface area contributed by atoms with Crippen LogP contribution in [0.15, 0.2) is 24.3 Å². The Morgan fingerprint density at radius 1 is 1.38 bits per heavy atom. The highest BCUT2D eigenvalue weighted by Gasteiger charge is 2.18. The van der Waals surface area contributed by atoms with Crippen molar-refractivity contribution >= 4 is 29.1 Å². The molecule has 88 valence electrons. The van der Waals surface area contributed by atoms with Crippen LogP contribution in [-0.2, 0) is 5.88 Å². The van der Waals surface area contributed by atoms with E-state index in [0.29, 0.717) is 5.88 Å². The number of benzene rings is 1. The van der Waals surface area contributed by atoms with Crippen molar-refractivity contribution in [1.29, 1.82) is 0 Å². The zero-order valence-electron chi connectivity index (χ0n) is 9.66. The molecule has 0 aromatic heterocycles. The summed E-state index contributed by atoms with van der Waals surface area (Å²) in [4.78, 5) is 2.49. The Balaban J connectivity index is 2.05. The molecule has 3 heteroatoms. The summed E-state index contributed by atoms with van der Waals surface area (Å²) in [6, 6.07) is 8.65. The molecule has 1 aromatic carbocycles. The summed E-state index contributed by atoms with van der Waals surface area (Å²) in [7, 11) is 0. The van der Waals surface area contributed by atoms with Gasteiger partial charge in [-0.2, -0.15) is 11.8 Å². The van der Waals surface area contributed by atoms with Crippen LogP contribution in [-0.4, -0.2) is 24.1 Å². The average molecular weight is 256 g/mol. The van der Waals surface area contributed by atoms with E-state index in [1.165, 1.54) is 36.5 Å². The van der Waals surface area contributed by atoms with E-state index in [0.717, 1.165) is 5.25 Å². The fourth-order valence-electron chi connectivity index (χ4n) is 2.00. The molecule has 1 saturated heterocycles. The van der Waals surface area contributed by atoms with Gasteiger partial charge in [-0.05, 0) is 24.1 Å². The van der Waals surface area contributed by atoms with Crippen LogP contribution in [0.5, 0.6) is 0 Å². The fraction of sp³-hybridized carbons (Fsp3) is 0.538. The molecule has 0 aliphatic carbocycles. The van der Waals surface area contributed by atoms with Gasteiger partial charge < -0.3 is 4.90 Å². The van der Waals surface area contributed by atoms with Gasteiger partial charge in [0.25, 0.3) is 0 Å². The van der Waals surface area contributed by atoms with Gasteiger partial charge in [0.15, 0.2) is 0 Å². The molecule has 1 fully saturated rings. The van der Waals surface area contributed by atoms with Crippen LogP contribution >= 0.6 is 23.4 Å². The van der Waals surface area contributed by atoms with Gasteiger partial charge in [-0.1, -0.05) is 19.1 Å². The van der Waals surface area contributed by atoms with E-state index in [9.17, 15) is 0 Å². The summed E-state index contributed by atoms with van der Waals surface area (Å²) in [6.07, 6.45) is 1.26. The quantitative estimate of drug-likeness (QED) is 0.757. The molecule has 0 bridgehead atoms. The third kappa shape index (κ3) is 2.86. The van der Waals surface area contributed by atoms with Crippen molar-refractivity contribution < 1.29 is 0 Å². The number of hydrogen-bond acceptors (Lipinski definition) is 2. The first-order chi connectivity index (χ1) is 7.83. The fourth-order valence-corrected chi connectivity index (χ4v) is 3.36. The molecule has 1 aliphatic heterocycles. The van der Waals surface area contributed by atoms with Gasteiger partial charge in [0.2, 0.25) is 0 Å². The zero-order valence-corrected chi connectivity index (χ0v) is 11.2. The lowest BCUT2D eigenvalue weighted by Crippen LogP contribution is -2.37. The number of anilines is 1. The minimum absolute atomic E-state index is 0.605. The van der Waals surface area contributed by atoms with Crippen molar-refractivity contribution in [3.8, 4) is 0 Å². The molecule has 0 spiro atoms. The number of hydrogen-bond donors (Lipinski definition) is 0. The number of rotatable bonds is 3. The topological polar surface area (TPSA) is 3.24 Å². The molecule has 1 aliphatic rings. The lowest BCUT2D eigenvalue weighted by molar-refractivity contribution is 0.728. The van der Waals surface area contributed by atoms with Crippen molar-refractivity contribution in [2.75, 3.05) is 23.7 Å². The van der Waals surface area contributed by atoms with Crippen molar-refractivity contribution in [1.82, 2.24) is 0 Å². The molecule has 0 saturated carbocycles. The summed E-state index contributed by atoms with van der Waals surface area (Å²) in [6.45, 7) is 4.63. The highest BCUT2D eigenvalue weighted by molar-refractivity contribution is 8.00. The summed E-state index contributed by atoms with van der Waals surface area (Å²) in [5.74, 6) is 1.85. The van der Waals surface area contributed by atoms with Gasteiger partial charge in [-0.3, -0.25) is 0 Å². The van der Waals surface area contributed by atoms with Crippen molar-refractivity contribution in [3.05, 3.63) is 29.8 Å². The van der Waals surface area contributed by atoms with Crippen molar-refractivity contribution in [2.24, 2.45) is 0 Å². The predicted octanol–water partition coefficient (Wildman–Crippen LogP) is 3.76. The molecule has 1 aromatic rings. The van der Waals surface area contributed by atoms with Gasteiger partial charge in [0.1, 0.15) is 0 Å². The Kier molecular flexibility index (Phi) is 4.42. The SMILES string of the molecule is CCC1CN(c2ccc(CCl)cc2)CCS1. The number of alkyl halides is 1. The highest BCUT2D eigenvalue weighted by atomic mass is 35.5. The van der Waals surface area contributed by atoms with Gasteiger partial charge in [0.05, 0.1) is 0 Å². The van der Waals surface area contributed by atoms with E-state index in [-0.39, 0.29) is 0 Å². The Morgan fingerprint density at radius 3 is 2.75 bits per heavy atom. The molecule has 16 heavy (non-hydrogen) atoms. The van der Waals surface area contributed by atoms with Crippen LogP contribution < -0.4 is 4.90 Å². The molecule has 1 nitrogen and oxygen atoms in total. The zero-order chi connectivity index (χ0) is 11.4. The van der Waals surface area contributed by atoms with Gasteiger partial charge in [-0.15, -0.1) is 11.6 Å². The van der Waals surface area contributed by atoms with E-state index < -0.39 is 0 Å².